The number of aliphatic hydroxyl groups is 1. The van der Waals surface area contributed by atoms with Crippen LogP contribution < -0.4 is 5.32 Å². The molecule has 0 bridgehead atoms. The number of esters is 1. The van der Waals surface area contributed by atoms with Crippen molar-refractivity contribution in [3.63, 3.8) is 0 Å². The summed E-state index contributed by atoms with van der Waals surface area (Å²) in [6.45, 7) is 7.19. The molecule has 0 aromatic heterocycles. The molecule has 7 heteroatoms. The third-order valence-electron chi connectivity index (χ3n) is 4.56. The highest BCUT2D eigenvalue weighted by Gasteiger charge is 2.34. The molecule has 2 fully saturated rings. The van der Waals surface area contributed by atoms with Gasteiger partial charge in [-0.2, -0.15) is 0 Å². The Morgan fingerprint density at radius 2 is 2.00 bits per heavy atom. The van der Waals surface area contributed by atoms with Gasteiger partial charge in [0.05, 0.1) is 24.7 Å². The van der Waals surface area contributed by atoms with Crippen molar-refractivity contribution in [3.8, 4) is 0 Å². The first-order valence-corrected chi connectivity index (χ1v) is 8.50. The first kappa shape index (κ1) is 20.5. The summed E-state index contributed by atoms with van der Waals surface area (Å²) in [5.41, 5.74) is -0.593. The summed E-state index contributed by atoms with van der Waals surface area (Å²) in [6.07, 6.45) is 4.39. The van der Waals surface area contributed by atoms with Gasteiger partial charge in [0.1, 0.15) is 0 Å². The standard InChI is InChI=1S/C16H29N3O3.HI/c1-3-17-15(18-12-16(21)8-5-9-16)19-10-6-13(7-11-19)14(20)22-4-2;/h13,21H,3-12H2,1-2H3,(H,17,18);1H. The van der Waals surface area contributed by atoms with E-state index in [4.69, 9.17) is 4.74 Å². The van der Waals surface area contributed by atoms with Crippen molar-refractivity contribution in [2.24, 2.45) is 10.9 Å². The fourth-order valence-corrected chi connectivity index (χ4v) is 2.98. The SMILES string of the molecule is CCNC(=NCC1(O)CCC1)N1CCC(C(=O)OCC)CC1.I. The number of piperidine rings is 1. The summed E-state index contributed by atoms with van der Waals surface area (Å²) in [7, 11) is 0. The lowest BCUT2D eigenvalue weighted by Gasteiger charge is -2.37. The quantitative estimate of drug-likeness (QED) is 0.296. The lowest BCUT2D eigenvalue weighted by atomic mass is 9.80. The van der Waals surface area contributed by atoms with Gasteiger partial charge in [-0.05, 0) is 46.0 Å². The predicted molar refractivity (Wildman–Crippen MR) is 101 cm³/mol. The fourth-order valence-electron chi connectivity index (χ4n) is 2.98. The molecule has 1 aliphatic carbocycles. The van der Waals surface area contributed by atoms with Gasteiger partial charge in [0.2, 0.25) is 0 Å². The summed E-state index contributed by atoms with van der Waals surface area (Å²) < 4.78 is 5.10. The largest absolute Gasteiger partial charge is 0.466 e. The number of likely N-dealkylation sites (tertiary alicyclic amines) is 1. The Labute approximate surface area is 156 Å². The topological polar surface area (TPSA) is 74.2 Å². The molecule has 6 nitrogen and oxygen atoms in total. The zero-order valence-corrected chi connectivity index (χ0v) is 16.5. The zero-order chi connectivity index (χ0) is 16.0. The second-order valence-corrected chi connectivity index (χ2v) is 6.26. The van der Waals surface area contributed by atoms with E-state index >= 15 is 0 Å². The third-order valence-corrected chi connectivity index (χ3v) is 4.56. The van der Waals surface area contributed by atoms with E-state index in [0.717, 1.165) is 57.7 Å². The molecule has 0 aromatic rings. The maximum absolute atomic E-state index is 11.8. The van der Waals surface area contributed by atoms with Gasteiger partial charge in [0.15, 0.2) is 5.96 Å². The van der Waals surface area contributed by atoms with Crippen molar-refractivity contribution >= 4 is 35.9 Å². The van der Waals surface area contributed by atoms with Crippen LogP contribution in [0.2, 0.25) is 0 Å². The highest BCUT2D eigenvalue weighted by atomic mass is 127. The first-order chi connectivity index (χ1) is 10.6. The van der Waals surface area contributed by atoms with Crippen LogP contribution >= 0.6 is 24.0 Å². The van der Waals surface area contributed by atoms with Crippen molar-refractivity contribution in [1.82, 2.24) is 10.2 Å². The number of halogens is 1. The number of hydrogen-bond acceptors (Lipinski definition) is 4. The molecule has 0 atom stereocenters. The Morgan fingerprint density at radius 3 is 2.48 bits per heavy atom. The van der Waals surface area contributed by atoms with E-state index in [1.165, 1.54) is 0 Å². The summed E-state index contributed by atoms with van der Waals surface area (Å²) in [5.74, 6) is 0.785. The summed E-state index contributed by atoms with van der Waals surface area (Å²) in [5, 5.41) is 13.5. The molecular formula is C16H30IN3O3. The number of hydrogen-bond donors (Lipinski definition) is 2. The maximum atomic E-state index is 11.8. The molecule has 2 aliphatic rings. The highest BCUT2D eigenvalue weighted by Crippen LogP contribution is 2.31. The smallest absolute Gasteiger partial charge is 0.309 e. The molecule has 1 saturated heterocycles. The Morgan fingerprint density at radius 1 is 1.35 bits per heavy atom. The number of carbonyl (C=O) groups is 1. The lowest BCUT2D eigenvalue weighted by molar-refractivity contribution is -0.149. The van der Waals surface area contributed by atoms with Crippen molar-refractivity contribution in [2.45, 2.75) is 51.6 Å². The Kier molecular flexibility index (Phi) is 8.60. The van der Waals surface area contributed by atoms with Gasteiger partial charge < -0.3 is 20.1 Å². The van der Waals surface area contributed by atoms with Crippen molar-refractivity contribution in [2.75, 3.05) is 32.8 Å². The molecule has 1 saturated carbocycles. The van der Waals surface area contributed by atoms with Gasteiger partial charge in [-0.1, -0.05) is 0 Å². The molecule has 2 N–H and O–H groups in total. The molecule has 2 rings (SSSR count). The molecule has 1 aliphatic heterocycles. The number of guanidine groups is 1. The van der Waals surface area contributed by atoms with Crippen molar-refractivity contribution in [3.05, 3.63) is 0 Å². The summed E-state index contributed by atoms with van der Waals surface area (Å²) in [4.78, 5) is 18.6. The second kappa shape index (κ2) is 9.66. The van der Waals surface area contributed by atoms with Gasteiger partial charge in [-0.25, -0.2) is 0 Å². The average molecular weight is 439 g/mol. The number of aliphatic imine (C=N–C) groups is 1. The van der Waals surface area contributed by atoms with Crippen LogP contribution in [0.1, 0.15) is 46.0 Å². The summed E-state index contributed by atoms with van der Waals surface area (Å²) >= 11 is 0. The van der Waals surface area contributed by atoms with Gasteiger partial charge in [0, 0.05) is 19.6 Å². The lowest BCUT2D eigenvalue weighted by Crippen LogP contribution is -2.48. The van der Waals surface area contributed by atoms with E-state index in [0.29, 0.717) is 13.2 Å². The first-order valence-electron chi connectivity index (χ1n) is 8.50. The van der Waals surface area contributed by atoms with Crippen LogP contribution in [0.5, 0.6) is 0 Å². The molecule has 1 heterocycles. The van der Waals surface area contributed by atoms with Gasteiger partial charge in [-0.3, -0.25) is 9.79 Å². The maximum Gasteiger partial charge on any atom is 0.309 e. The van der Waals surface area contributed by atoms with Crippen molar-refractivity contribution in [1.29, 1.82) is 0 Å². The monoisotopic (exact) mass is 439 g/mol. The average Bonchev–Trinajstić information content (AvgIpc) is 2.50. The number of ether oxygens (including phenoxy) is 1. The zero-order valence-electron chi connectivity index (χ0n) is 14.2. The predicted octanol–water partition coefficient (Wildman–Crippen LogP) is 1.76. The van der Waals surface area contributed by atoms with Crippen molar-refractivity contribution < 1.29 is 14.6 Å². The minimum Gasteiger partial charge on any atom is -0.466 e. The van der Waals surface area contributed by atoms with E-state index in [1.54, 1.807) is 0 Å². The van der Waals surface area contributed by atoms with Crippen LogP contribution in [0.15, 0.2) is 4.99 Å². The van der Waals surface area contributed by atoms with Crippen LogP contribution in [0.4, 0.5) is 0 Å². The van der Waals surface area contributed by atoms with Gasteiger partial charge in [0.25, 0.3) is 0 Å². The number of nitrogens with one attached hydrogen (secondary N) is 1. The van der Waals surface area contributed by atoms with E-state index in [-0.39, 0.29) is 35.9 Å². The molecular weight excluding hydrogens is 409 g/mol. The molecule has 0 aromatic carbocycles. The minimum atomic E-state index is -0.593. The fraction of sp³-hybridized carbons (Fsp3) is 0.875. The van der Waals surface area contributed by atoms with Gasteiger partial charge >= 0.3 is 5.97 Å². The van der Waals surface area contributed by atoms with E-state index in [9.17, 15) is 9.90 Å². The van der Waals surface area contributed by atoms with Gasteiger partial charge in [-0.15, -0.1) is 24.0 Å². The summed E-state index contributed by atoms with van der Waals surface area (Å²) in [6, 6.07) is 0. The Hall–Kier alpha value is -0.570. The number of rotatable bonds is 5. The van der Waals surface area contributed by atoms with E-state index in [1.807, 2.05) is 13.8 Å². The number of nitrogens with zero attached hydrogens (tertiary/aromatic N) is 2. The van der Waals surface area contributed by atoms with Crippen LogP contribution in [-0.2, 0) is 9.53 Å². The molecule has 23 heavy (non-hydrogen) atoms. The second-order valence-electron chi connectivity index (χ2n) is 6.26. The van der Waals surface area contributed by atoms with Crippen LogP contribution in [0.25, 0.3) is 0 Å². The minimum absolute atomic E-state index is 0. The Bertz CT molecular complexity index is 405. The highest BCUT2D eigenvalue weighted by molar-refractivity contribution is 14.0. The molecule has 0 radical (unpaired) electrons. The van der Waals surface area contributed by atoms with E-state index in [2.05, 4.69) is 15.2 Å². The molecule has 134 valence electrons. The molecule has 0 spiro atoms. The normalized spacial score (nSPS) is 21.2. The number of carbonyl (C=O) groups excluding carboxylic acids is 1. The van der Waals surface area contributed by atoms with Crippen LogP contribution in [-0.4, -0.2) is 60.3 Å². The third kappa shape index (κ3) is 5.77. The Balaban J connectivity index is 0.00000264. The van der Waals surface area contributed by atoms with E-state index < -0.39 is 5.60 Å². The molecule has 0 unspecified atom stereocenters. The molecule has 0 amide bonds. The van der Waals surface area contributed by atoms with Crippen LogP contribution in [0.3, 0.4) is 0 Å². The van der Waals surface area contributed by atoms with Crippen LogP contribution in [0, 0.1) is 5.92 Å².